The van der Waals surface area contributed by atoms with Crippen molar-refractivity contribution < 1.29 is 14.7 Å². The number of hydrogen-bond acceptors (Lipinski definition) is 4. The molecule has 1 unspecified atom stereocenters. The Kier molecular flexibility index (Phi) is 6.14. The fraction of sp³-hybridized carbons (Fsp3) is 0.692. The molecule has 0 radical (unpaired) electrons. The number of carbonyl (C=O) groups excluding carboxylic acids is 1. The lowest BCUT2D eigenvalue weighted by Gasteiger charge is -2.11. The minimum absolute atomic E-state index is 0.149. The van der Waals surface area contributed by atoms with Crippen LogP contribution in [0.2, 0.25) is 0 Å². The van der Waals surface area contributed by atoms with E-state index in [2.05, 4.69) is 29.5 Å². The molecule has 7 heteroatoms. The number of rotatable bonds is 8. The smallest absolute Gasteiger partial charge is 0.326 e. The van der Waals surface area contributed by atoms with Gasteiger partial charge in [-0.15, -0.1) is 5.10 Å². The molecule has 2 N–H and O–H groups in total. The Morgan fingerprint density at radius 1 is 1.40 bits per heavy atom. The Hall–Kier alpha value is -1.92. The normalized spacial score (nSPS) is 12.4. The van der Waals surface area contributed by atoms with Crippen molar-refractivity contribution in [2.45, 2.75) is 52.6 Å². The number of hydrogen-bond donors (Lipinski definition) is 2. The van der Waals surface area contributed by atoms with Gasteiger partial charge in [0, 0.05) is 6.54 Å². The van der Waals surface area contributed by atoms with Gasteiger partial charge < -0.3 is 10.4 Å². The summed E-state index contributed by atoms with van der Waals surface area (Å²) in [6.07, 6.45) is 3.56. The zero-order valence-electron chi connectivity index (χ0n) is 12.2. The summed E-state index contributed by atoms with van der Waals surface area (Å²) in [5.41, 5.74) is 0.149. The van der Waals surface area contributed by atoms with E-state index < -0.39 is 17.9 Å². The molecule has 0 aliphatic rings. The van der Waals surface area contributed by atoms with Crippen molar-refractivity contribution in [1.82, 2.24) is 20.3 Å². The van der Waals surface area contributed by atoms with Crippen molar-refractivity contribution >= 4 is 11.9 Å². The molecular weight excluding hydrogens is 260 g/mol. The first-order chi connectivity index (χ1) is 9.43. The van der Waals surface area contributed by atoms with Crippen LogP contribution in [0.4, 0.5) is 0 Å². The van der Waals surface area contributed by atoms with Gasteiger partial charge in [0.05, 0.1) is 6.20 Å². The quantitative estimate of drug-likeness (QED) is 0.749. The lowest BCUT2D eigenvalue weighted by atomic mass is 10.1. The Bertz CT molecular complexity index is 456. The van der Waals surface area contributed by atoms with Crippen LogP contribution in [0.1, 0.15) is 50.5 Å². The van der Waals surface area contributed by atoms with Crippen LogP contribution in [0.15, 0.2) is 6.20 Å². The van der Waals surface area contributed by atoms with E-state index >= 15 is 0 Å². The summed E-state index contributed by atoms with van der Waals surface area (Å²) in [6, 6.07) is -0.881. The summed E-state index contributed by atoms with van der Waals surface area (Å²) >= 11 is 0. The molecule has 1 amide bonds. The number of nitrogens with zero attached hydrogens (tertiary/aromatic N) is 3. The molecule has 0 fully saturated rings. The van der Waals surface area contributed by atoms with E-state index in [1.165, 1.54) is 0 Å². The van der Waals surface area contributed by atoms with Crippen molar-refractivity contribution in [3.05, 3.63) is 11.9 Å². The first-order valence-corrected chi connectivity index (χ1v) is 6.87. The zero-order chi connectivity index (χ0) is 15.1. The highest BCUT2D eigenvalue weighted by Crippen LogP contribution is 2.03. The molecule has 0 bridgehead atoms. The Morgan fingerprint density at radius 2 is 2.10 bits per heavy atom. The first kappa shape index (κ1) is 16.1. The van der Waals surface area contributed by atoms with Crippen molar-refractivity contribution in [2.75, 3.05) is 0 Å². The minimum atomic E-state index is -1.03. The Balaban J connectivity index is 2.60. The van der Waals surface area contributed by atoms with Gasteiger partial charge in [0.2, 0.25) is 0 Å². The summed E-state index contributed by atoms with van der Waals surface area (Å²) < 4.78 is 1.60. The number of aryl methyl sites for hydroxylation is 1. The van der Waals surface area contributed by atoms with Gasteiger partial charge in [-0.05, 0) is 18.8 Å². The highest BCUT2D eigenvalue weighted by molar-refractivity contribution is 5.94. The van der Waals surface area contributed by atoms with Gasteiger partial charge in [0.25, 0.3) is 5.91 Å². The van der Waals surface area contributed by atoms with E-state index in [1.807, 2.05) is 6.92 Å². The maximum Gasteiger partial charge on any atom is 0.326 e. The summed E-state index contributed by atoms with van der Waals surface area (Å²) in [7, 11) is 0. The standard InChI is InChI=1S/C13H22N4O3/c1-4-5-10(13(19)20)14-12(18)11-8-17(16-15-11)7-6-9(2)3/h8-10H,4-7H2,1-3H3,(H,14,18)(H,19,20). The van der Waals surface area contributed by atoms with E-state index in [4.69, 9.17) is 5.11 Å². The van der Waals surface area contributed by atoms with Crippen LogP contribution >= 0.6 is 0 Å². The van der Waals surface area contributed by atoms with E-state index in [9.17, 15) is 9.59 Å². The van der Waals surface area contributed by atoms with Crippen molar-refractivity contribution in [2.24, 2.45) is 5.92 Å². The van der Waals surface area contributed by atoms with Crippen LogP contribution in [-0.2, 0) is 11.3 Å². The Labute approximate surface area is 118 Å². The molecule has 0 saturated heterocycles. The van der Waals surface area contributed by atoms with Crippen molar-refractivity contribution in [3.63, 3.8) is 0 Å². The first-order valence-electron chi connectivity index (χ1n) is 6.87. The number of carboxylic acids is 1. The number of aromatic nitrogens is 3. The fourth-order valence-electron chi connectivity index (χ4n) is 1.68. The highest BCUT2D eigenvalue weighted by Gasteiger charge is 2.21. The SMILES string of the molecule is CCCC(NC(=O)c1cn(CCC(C)C)nn1)C(=O)O. The fourth-order valence-corrected chi connectivity index (χ4v) is 1.68. The molecule has 1 atom stereocenters. The maximum atomic E-state index is 11.9. The summed E-state index contributed by atoms with van der Waals surface area (Å²) in [5, 5.41) is 19.1. The molecule has 1 aromatic heterocycles. The predicted molar refractivity (Wildman–Crippen MR) is 73.3 cm³/mol. The molecular formula is C13H22N4O3. The zero-order valence-corrected chi connectivity index (χ0v) is 12.2. The molecule has 112 valence electrons. The van der Waals surface area contributed by atoms with Crippen LogP contribution in [-0.4, -0.2) is 38.0 Å². The van der Waals surface area contributed by atoms with Gasteiger partial charge in [0.1, 0.15) is 6.04 Å². The van der Waals surface area contributed by atoms with Crippen LogP contribution in [0.3, 0.4) is 0 Å². The van der Waals surface area contributed by atoms with Gasteiger partial charge >= 0.3 is 5.97 Å². The van der Waals surface area contributed by atoms with E-state index in [0.29, 0.717) is 25.3 Å². The van der Waals surface area contributed by atoms with E-state index in [-0.39, 0.29) is 5.69 Å². The number of carboxylic acid groups (broad SMARTS) is 1. The average molecular weight is 282 g/mol. The lowest BCUT2D eigenvalue weighted by molar-refractivity contribution is -0.139. The molecule has 1 aromatic rings. The molecule has 20 heavy (non-hydrogen) atoms. The largest absolute Gasteiger partial charge is 0.480 e. The third-order valence-electron chi connectivity index (χ3n) is 2.89. The molecule has 7 nitrogen and oxygen atoms in total. The third kappa shape index (κ3) is 4.99. The molecule has 0 aromatic carbocycles. The van der Waals surface area contributed by atoms with Gasteiger partial charge in [-0.2, -0.15) is 0 Å². The van der Waals surface area contributed by atoms with Crippen LogP contribution < -0.4 is 5.32 Å². The molecule has 0 spiro atoms. The number of amides is 1. The topological polar surface area (TPSA) is 97.1 Å². The lowest BCUT2D eigenvalue weighted by Crippen LogP contribution is -2.40. The van der Waals surface area contributed by atoms with Crippen molar-refractivity contribution in [3.8, 4) is 0 Å². The number of aliphatic carboxylic acids is 1. The summed E-state index contributed by atoms with van der Waals surface area (Å²) in [6.45, 7) is 6.76. The van der Waals surface area contributed by atoms with E-state index in [1.54, 1.807) is 10.9 Å². The predicted octanol–water partition coefficient (Wildman–Crippen LogP) is 1.31. The summed E-state index contributed by atoms with van der Waals surface area (Å²) in [4.78, 5) is 22.9. The molecule has 0 saturated carbocycles. The Morgan fingerprint density at radius 3 is 2.65 bits per heavy atom. The van der Waals surface area contributed by atoms with E-state index in [0.717, 1.165) is 6.42 Å². The second kappa shape index (κ2) is 7.62. The molecule has 0 aliphatic carbocycles. The van der Waals surface area contributed by atoms with Gasteiger partial charge in [0.15, 0.2) is 5.69 Å². The van der Waals surface area contributed by atoms with Gasteiger partial charge in [-0.25, -0.2) is 4.79 Å². The van der Waals surface area contributed by atoms with Crippen LogP contribution in [0, 0.1) is 5.92 Å². The van der Waals surface area contributed by atoms with Crippen molar-refractivity contribution in [1.29, 1.82) is 0 Å². The van der Waals surface area contributed by atoms with Gasteiger partial charge in [-0.1, -0.05) is 32.4 Å². The molecule has 1 heterocycles. The van der Waals surface area contributed by atoms with Crippen LogP contribution in [0.25, 0.3) is 0 Å². The van der Waals surface area contributed by atoms with Crippen LogP contribution in [0.5, 0.6) is 0 Å². The average Bonchev–Trinajstić information content (AvgIpc) is 2.84. The summed E-state index contributed by atoms with van der Waals surface area (Å²) in [5.74, 6) is -0.994. The maximum absolute atomic E-state index is 11.9. The monoisotopic (exact) mass is 282 g/mol. The highest BCUT2D eigenvalue weighted by atomic mass is 16.4. The number of carbonyl (C=O) groups is 2. The number of nitrogens with one attached hydrogen (secondary N) is 1. The molecule has 0 aliphatic heterocycles. The molecule has 1 rings (SSSR count). The second-order valence-electron chi connectivity index (χ2n) is 5.20. The minimum Gasteiger partial charge on any atom is -0.480 e. The third-order valence-corrected chi connectivity index (χ3v) is 2.89. The second-order valence-corrected chi connectivity index (χ2v) is 5.20. The van der Waals surface area contributed by atoms with Gasteiger partial charge in [-0.3, -0.25) is 9.48 Å².